The Morgan fingerprint density at radius 2 is 2.14 bits per heavy atom. The molecule has 0 aromatic carbocycles. The van der Waals surface area contributed by atoms with Crippen LogP contribution in [0.2, 0.25) is 0 Å². The Morgan fingerprint density at radius 3 is 2.79 bits per heavy atom. The third-order valence-corrected chi connectivity index (χ3v) is 3.68. The SMILES string of the molecule is CC(=O)N1C[C@@H]2CCCCC2[C@H]1C#N. The summed E-state index contributed by atoms with van der Waals surface area (Å²) < 4.78 is 0. The zero-order chi connectivity index (χ0) is 10.1. The molecule has 1 saturated heterocycles. The highest BCUT2D eigenvalue weighted by atomic mass is 16.2. The van der Waals surface area contributed by atoms with E-state index >= 15 is 0 Å². The summed E-state index contributed by atoms with van der Waals surface area (Å²) in [5.41, 5.74) is 0. The number of carbonyl (C=O) groups is 1. The molecule has 1 amide bonds. The molecule has 3 atom stereocenters. The Labute approximate surface area is 84.7 Å². The monoisotopic (exact) mass is 192 g/mol. The van der Waals surface area contributed by atoms with Gasteiger partial charge in [-0.25, -0.2) is 0 Å². The first-order chi connectivity index (χ1) is 6.74. The quantitative estimate of drug-likeness (QED) is 0.584. The molecule has 0 bridgehead atoms. The van der Waals surface area contributed by atoms with Crippen LogP contribution < -0.4 is 0 Å². The van der Waals surface area contributed by atoms with Gasteiger partial charge in [-0.15, -0.1) is 0 Å². The number of carbonyl (C=O) groups excluding carboxylic acids is 1. The number of nitrogens with zero attached hydrogens (tertiary/aromatic N) is 2. The molecule has 1 saturated carbocycles. The van der Waals surface area contributed by atoms with Crippen molar-refractivity contribution in [3.8, 4) is 6.07 Å². The predicted octanol–water partition coefficient (Wildman–Crippen LogP) is 1.55. The fraction of sp³-hybridized carbons (Fsp3) is 0.818. The van der Waals surface area contributed by atoms with Gasteiger partial charge in [0.05, 0.1) is 6.07 Å². The predicted molar refractivity (Wildman–Crippen MR) is 52.2 cm³/mol. The molecule has 0 N–H and O–H groups in total. The van der Waals surface area contributed by atoms with Crippen molar-refractivity contribution in [2.24, 2.45) is 11.8 Å². The number of fused-ring (bicyclic) bond motifs is 1. The van der Waals surface area contributed by atoms with Gasteiger partial charge >= 0.3 is 0 Å². The third-order valence-electron chi connectivity index (χ3n) is 3.68. The Bertz CT molecular complexity index is 282. The molecular formula is C11H16N2O. The van der Waals surface area contributed by atoms with Crippen LogP contribution in [0.1, 0.15) is 32.6 Å². The van der Waals surface area contributed by atoms with Gasteiger partial charge in [0.1, 0.15) is 6.04 Å². The standard InChI is InChI=1S/C11H16N2O/c1-8(14)13-7-9-4-2-3-5-10(9)11(13)6-12/h9-11H,2-5,7H2,1H3/t9-,10?,11+/m0/s1. The normalized spacial score (nSPS) is 36.3. The fourth-order valence-corrected chi connectivity index (χ4v) is 2.97. The molecule has 1 aliphatic heterocycles. The molecule has 1 unspecified atom stereocenters. The molecular weight excluding hydrogens is 176 g/mol. The molecule has 14 heavy (non-hydrogen) atoms. The summed E-state index contributed by atoms with van der Waals surface area (Å²) in [5, 5.41) is 9.08. The zero-order valence-corrected chi connectivity index (χ0v) is 8.57. The highest BCUT2D eigenvalue weighted by Crippen LogP contribution is 2.40. The van der Waals surface area contributed by atoms with Gasteiger partial charge < -0.3 is 4.90 Å². The highest BCUT2D eigenvalue weighted by molar-refractivity contribution is 5.74. The first kappa shape index (κ1) is 9.51. The molecule has 0 aromatic rings. The maximum absolute atomic E-state index is 11.3. The molecule has 76 valence electrons. The molecule has 3 nitrogen and oxygen atoms in total. The molecule has 0 radical (unpaired) electrons. The Hall–Kier alpha value is -1.04. The first-order valence-corrected chi connectivity index (χ1v) is 5.41. The van der Waals surface area contributed by atoms with Gasteiger partial charge in [0.2, 0.25) is 5.91 Å². The number of amides is 1. The molecule has 1 aliphatic carbocycles. The minimum Gasteiger partial charge on any atom is -0.326 e. The van der Waals surface area contributed by atoms with E-state index in [1.54, 1.807) is 11.8 Å². The minimum absolute atomic E-state index is 0.0611. The van der Waals surface area contributed by atoms with Crippen LogP contribution in [0, 0.1) is 23.2 Å². The number of rotatable bonds is 0. The Balaban J connectivity index is 2.17. The number of likely N-dealkylation sites (tertiary alicyclic amines) is 1. The van der Waals surface area contributed by atoms with E-state index in [0.29, 0.717) is 11.8 Å². The minimum atomic E-state index is -0.141. The van der Waals surface area contributed by atoms with Crippen molar-refractivity contribution in [3.63, 3.8) is 0 Å². The summed E-state index contributed by atoms with van der Waals surface area (Å²) in [5.74, 6) is 1.11. The largest absolute Gasteiger partial charge is 0.326 e. The summed E-state index contributed by atoms with van der Waals surface area (Å²) in [6, 6.07) is 2.16. The van der Waals surface area contributed by atoms with Gasteiger partial charge in [-0.3, -0.25) is 4.79 Å². The number of hydrogen-bond donors (Lipinski definition) is 0. The van der Waals surface area contributed by atoms with Gasteiger partial charge in [0.25, 0.3) is 0 Å². The van der Waals surface area contributed by atoms with E-state index in [9.17, 15) is 4.79 Å². The van der Waals surface area contributed by atoms with Crippen LogP contribution in [0.25, 0.3) is 0 Å². The average molecular weight is 192 g/mol. The lowest BCUT2D eigenvalue weighted by molar-refractivity contribution is -0.129. The van der Waals surface area contributed by atoms with E-state index in [4.69, 9.17) is 5.26 Å². The smallest absolute Gasteiger partial charge is 0.220 e. The summed E-state index contributed by atoms with van der Waals surface area (Å²) >= 11 is 0. The molecule has 0 spiro atoms. The lowest BCUT2D eigenvalue weighted by Gasteiger charge is -2.25. The van der Waals surface area contributed by atoms with E-state index in [1.165, 1.54) is 19.3 Å². The Kier molecular flexibility index (Phi) is 2.45. The van der Waals surface area contributed by atoms with Crippen molar-refractivity contribution in [1.29, 1.82) is 5.26 Å². The van der Waals surface area contributed by atoms with Crippen LogP contribution in [0.4, 0.5) is 0 Å². The highest BCUT2D eigenvalue weighted by Gasteiger charge is 2.43. The van der Waals surface area contributed by atoms with Gasteiger partial charge in [-0.05, 0) is 24.7 Å². The molecule has 1 heterocycles. The van der Waals surface area contributed by atoms with Crippen molar-refractivity contribution in [3.05, 3.63) is 0 Å². The second-order valence-electron chi connectivity index (χ2n) is 4.45. The van der Waals surface area contributed by atoms with E-state index in [1.807, 2.05) is 0 Å². The van der Waals surface area contributed by atoms with Gasteiger partial charge in [0, 0.05) is 13.5 Å². The maximum Gasteiger partial charge on any atom is 0.220 e. The average Bonchev–Trinajstić information content (AvgIpc) is 2.56. The lowest BCUT2D eigenvalue weighted by atomic mass is 9.79. The van der Waals surface area contributed by atoms with Gasteiger partial charge in [0.15, 0.2) is 0 Å². The molecule has 3 heteroatoms. The second kappa shape index (κ2) is 3.61. The van der Waals surface area contributed by atoms with Crippen LogP contribution in [-0.4, -0.2) is 23.4 Å². The van der Waals surface area contributed by atoms with Crippen LogP contribution in [0.15, 0.2) is 0 Å². The number of hydrogen-bond acceptors (Lipinski definition) is 2. The summed E-state index contributed by atoms with van der Waals surface area (Å²) in [6.07, 6.45) is 4.83. The van der Waals surface area contributed by atoms with Crippen LogP contribution in [-0.2, 0) is 4.79 Å². The molecule has 0 aromatic heterocycles. The fourth-order valence-electron chi connectivity index (χ4n) is 2.97. The summed E-state index contributed by atoms with van der Waals surface area (Å²) in [7, 11) is 0. The third kappa shape index (κ3) is 1.39. The van der Waals surface area contributed by atoms with E-state index < -0.39 is 0 Å². The van der Waals surface area contributed by atoms with Crippen molar-refractivity contribution >= 4 is 5.91 Å². The van der Waals surface area contributed by atoms with Crippen molar-refractivity contribution in [2.45, 2.75) is 38.6 Å². The van der Waals surface area contributed by atoms with Gasteiger partial charge in [-0.2, -0.15) is 5.26 Å². The molecule has 2 aliphatic rings. The van der Waals surface area contributed by atoms with Crippen molar-refractivity contribution < 1.29 is 4.79 Å². The van der Waals surface area contributed by atoms with Gasteiger partial charge in [-0.1, -0.05) is 12.8 Å². The first-order valence-electron chi connectivity index (χ1n) is 5.41. The van der Waals surface area contributed by atoms with Crippen molar-refractivity contribution in [2.75, 3.05) is 6.54 Å². The topological polar surface area (TPSA) is 44.1 Å². The van der Waals surface area contributed by atoms with E-state index in [0.717, 1.165) is 13.0 Å². The molecule has 2 rings (SSSR count). The van der Waals surface area contributed by atoms with Crippen molar-refractivity contribution in [1.82, 2.24) is 4.90 Å². The molecule has 2 fully saturated rings. The second-order valence-corrected chi connectivity index (χ2v) is 4.45. The van der Waals surface area contributed by atoms with E-state index in [-0.39, 0.29) is 11.9 Å². The van der Waals surface area contributed by atoms with Crippen LogP contribution in [0.5, 0.6) is 0 Å². The summed E-state index contributed by atoms with van der Waals surface area (Å²) in [4.78, 5) is 13.1. The lowest BCUT2D eigenvalue weighted by Crippen LogP contribution is -2.35. The van der Waals surface area contributed by atoms with Crippen LogP contribution in [0.3, 0.4) is 0 Å². The summed E-state index contributed by atoms with van der Waals surface area (Å²) in [6.45, 7) is 2.39. The zero-order valence-electron chi connectivity index (χ0n) is 8.57. The maximum atomic E-state index is 11.3. The van der Waals surface area contributed by atoms with E-state index in [2.05, 4.69) is 6.07 Å². The van der Waals surface area contributed by atoms with Crippen LogP contribution >= 0.6 is 0 Å². The Morgan fingerprint density at radius 1 is 1.43 bits per heavy atom. The number of nitriles is 1.